The zero-order valence-corrected chi connectivity index (χ0v) is 10.4. The summed E-state index contributed by atoms with van der Waals surface area (Å²) in [5.74, 6) is -3.67. The summed E-state index contributed by atoms with van der Waals surface area (Å²) in [5, 5.41) is 2.33. The summed E-state index contributed by atoms with van der Waals surface area (Å²) < 4.78 is 35.0. The van der Waals surface area contributed by atoms with Gasteiger partial charge >= 0.3 is 12.1 Å². The van der Waals surface area contributed by atoms with Crippen LogP contribution in [0.25, 0.3) is 0 Å². The zero-order valence-electron chi connectivity index (χ0n) is 10.4. The summed E-state index contributed by atoms with van der Waals surface area (Å²) in [6.07, 6.45) is -1.02. The first-order valence-corrected chi connectivity index (χ1v) is 5.70. The molecule has 1 aliphatic carbocycles. The fourth-order valence-corrected chi connectivity index (χ4v) is 2.08. The third kappa shape index (κ3) is 3.82. The van der Waals surface area contributed by atoms with Gasteiger partial charge in [-0.2, -0.15) is 0 Å². The van der Waals surface area contributed by atoms with Crippen molar-refractivity contribution < 1.29 is 27.8 Å². The Morgan fingerprint density at radius 3 is 2.22 bits per heavy atom. The summed E-state index contributed by atoms with van der Waals surface area (Å²) >= 11 is 0. The molecule has 0 aromatic heterocycles. The van der Waals surface area contributed by atoms with Crippen molar-refractivity contribution in [3.63, 3.8) is 0 Å². The van der Waals surface area contributed by atoms with Gasteiger partial charge in [0.15, 0.2) is 0 Å². The molecule has 0 bridgehead atoms. The quantitative estimate of drug-likeness (QED) is 0.789. The number of alkyl carbamates (subject to hydrolysis) is 1. The van der Waals surface area contributed by atoms with Crippen molar-refractivity contribution in [1.82, 2.24) is 5.32 Å². The van der Waals surface area contributed by atoms with Gasteiger partial charge in [0.05, 0.1) is 14.2 Å². The maximum Gasteiger partial charge on any atom is 0.407 e. The van der Waals surface area contributed by atoms with Gasteiger partial charge in [-0.25, -0.2) is 18.4 Å². The second kappa shape index (κ2) is 5.97. The molecule has 0 aromatic rings. The highest BCUT2D eigenvalue weighted by Gasteiger charge is 2.40. The van der Waals surface area contributed by atoms with E-state index in [2.05, 4.69) is 14.8 Å². The molecule has 1 N–H and O–H groups in total. The van der Waals surface area contributed by atoms with E-state index in [0.717, 1.165) is 0 Å². The number of nitrogens with one attached hydrogen (secondary N) is 1. The fraction of sp³-hybridized carbons (Fsp3) is 0.818. The lowest BCUT2D eigenvalue weighted by Gasteiger charge is -2.32. The second-order valence-corrected chi connectivity index (χ2v) is 4.33. The maximum atomic E-state index is 13.0. The predicted molar refractivity (Wildman–Crippen MR) is 58.2 cm³/mol. The van der Waals surface area contributed by atoms with E-state index in [9.17, 15) is 18.4 Å². The van der Waals surface area contributed by atoms with E-state index in [1.165, 1.54) is 14.2 Å². The molecule has 0 radical (unpaired) electrons. The number of hydrogen-bond donors (Lipinski definition) is 1. The molecule has 1 unspecified atom stereocenters. The van der Waals surface area contributed by atoms with Gasteiger partial charge in [-0.15, -0.1) is 0 Å². The molecule has 5 nitrogen and oxygen atoms in total. The van der Waals surface area contributed by atoms with Crippen molar-refractivity contribution >= 4 is 12.1 Å². The number of carbonyl (C=O) groups is 2. The topological polar surface area (TPSA) is 64.6 Å². The highest BCUT2D eigenvalue weighted by atomic mass is 19.3. The smallest absolute Gasteiger partial charge is 0.407 e. The van der Waals surface area contributed by atoms with Crippen molar-refractivity contribution in [3.05, 3.63) is 0 Å². The number of hydrogen-bond acceptors (Lipinski definition) is 4. The molecule has 0 saturated heterocycles. The molecule has 1 saturated carbocycles. The molecule has 1 amide bonds. The fourth-order valence-electron chi connectivity index (χ4n) is 2.08. The lowest BCUT2D eigenvalue weighted by molar-refractivity contribution is -0.146. The minimum absolute atomic E-state index is 0.163. The standard InChI is InChI=1S/C11H17F2NO4/c1-17-9(15)8(14-10(16)18-2)7-3-5-11(12,13)6-4-7/h7-8H,3-6H2,1-2H3,(H,14,16). The van der Waals surface area contributed by atoms with Crippen LogP contribution in [-0.2, 0) is 14.3 Å². The summed E-state index contributed by atoms with van der Waals surface area (Å²) in [6.45, 7) is 0. The van der Waals surface area contributed by atoms with Crippen LogP contribution in [0.5, 0.6) is 0 Å². The SMILES string of the molecule is COC(=O)NC(C(=O)OC)C1CCC(F)(F)CC1. The molecule has 0 aliphatic heterocycles. The monoisotopic (exact) mass is 265 g/mol. The highest BCUT2D eigenvalue weighted by Crippen LogP contribution is 2.37. The Bertz CT molecular complexity index is 312. The van der Waals surface area contributed by atoms with Gasteiger partial charge in [0.1, 0.15) is 6.04 Å². The molecule has 7 heteroatoms. The Morgan fingerprint density at radius 1 is 1.22 bits per heavy atom. The molecule has 18 heavy (non-hydrogen) atoms. The van der Waals surface area contributed by atoms with E-state index in [0.29, 0.717) is 0 Å². The van der Waals surface area contributed by atoms with Gasteiger partial charge in [0.2, 0.25) is 5.92 Å². The molecule has 1 fully saturated rings. The third-order valence-corrected chi connectivity index (χ3v) is 3.15. The van der Waals surface area contributed by atoms with Crippen LogP contribution in [-0.4, -0.2) is 38.2 Å². The minimum atomic E-state index is -2.68. The van der Waals surface area contributed by atoms with Crippen LogP contribution >= 0.6 is 0 Å². The first kappa shape index (κ1) is 14.7. The lowest BCUT2D eigenvalue weighted by atomic mass is 9.82. The molecule has 1 rings (SSSR count). The molecule has 1 aliphatic rings. The molecule has 0 heterocycles. The van der Waals surface area contributed by atoms with Crippen molar-refractivity contribution in [3.8, 4) is 0 Å². The number of esters is 1. The van der Waals surface area contributed by atoms with Gasteiger partial charge in [0.25, 0.3) is 0 Å². The van der Waals surface area contributed by atoms with Crippen LogP contribution in [0.3, 0.4) is 0 Å². The molecule has 104 valence electrons. The Balaban J connectivity index is 2.66. The Kier molecular flexibility index (Phi) is 4.86. The predicted octanol–water partition coefficient (Wildman–Crippen LogP) is 1.71. The van der Waals surface area contributed by atoms with Crippen LogP contribution in [0.4, 0.5) is 13.6 Å². The molecule has 0 spiro atoms. The lowest BCUT2D eigenvalue weighted by Crippen LogP contribution is -2.48. The molecular formula is C11H17F2NO4. The van der Waals surface area contributed by atoms with Crippen molar-refractivity contribution in [2.75, 3.05) is 14.2 Å². The largest absolute Gasteiger partial charge is 0.467 e. The Labute approximate surface area is 104 Å². The van der Waals surface area contributed by atoms with Crippen molar-refractivity contribution in [2.45, 2.75) is 37.6 Å². The number of methoxy groups -OCH3 is 2. The normalized spacial score (nSPS) is 20.9. The summed E-state index contributed by atoms with van der Waals surface area (Å²) in [4.78, 5) is 22.7. The Hall–Kier alpha value is -1.40. The van der Waals surface area contributed by atoms with E-state index in [1.54, 1.807) is 0 Å². The van der Waals surface area contributed by atoms with Gasteiger partial charge in [-0.3, -0.25) is 0 Å². The van der Waals surface area contributed by atoms with E-state index in [-0.39, 0.29) is 31.6 Å². The van der Waals surface area contributed by atoms with Gasteiger partial charge in [0, 0.05) is 12.8 Å². The van der Waals surface area contributed by atoms with Crippen LogP contribution in [0, 0.1) is 5.92 Å². The van der Waals surface area contributed by atoms with E-state index >= 15 is 0 Å². The summed E-state index contributed by atoms with van der Waals surface area (Å²) in [7, 11) is 2.35. The number of ether oxygens (including phenoxy) is 2. The highest BCUT2D eigenvalue weighted by molar-refractivity contribution is 5.81. The number of alkyl halides is 2. The van der Waals surface area contributed by atoms with Crippen LogP contribution in [0.2, 0.25) is 0 Å². The third-order valence-electron chi connectivity index (χ3n) is 3.15. The van der Waals surface area contributed by atoms with E-state index < -0.39 is 24.0 Å². The van der Waals surface area contributed by atoms with Gasteiger partial charge < -0.3 is 14.8 Å². The van der Waals surface area contributed by atoms with E-state index in [4.69, 9.17) is 0 Å². The number of amides is 1. The summed E-state index contributed by atoms with van der Waals surface area (Å²) in [6, 6.07) is -0.932. The number of rotatable bonds is 3. The molecule has 1 atom stereocenters. The van der Waals surface area contributed by atoms with Crippen molar-refractivity contribution in [1.29, 1.82) is 0 Å². The average molecular weight is 265 g/mol. The van der Waals surface area contributed by atoms with Gasteiger partial charge in [-0.05, 0) is 18.8 Å². The Morgan fingerprint density at radius 2 is 1.78 bits per heavy atom. The van der Waals surface area contributed by atoms with Crippen LogP contribution in [0.1, 0.15) is 25.7 Å². The first-order valence-electron chi connectivity index (χ1n) is 5.70. The van der Waals surface area contributed by atoms with E-state index in [1.807, 2.05) is 0 Å². The molecule has 0 aromatic carbocycles. The molecular weight excluding hydrogens is 248 g/mol. The van der Waals surface area contributed by atoms with Crippen LogP contribution in [0.15, 0.2) is 0 Å². The minimum Gasteiger partial charge on any atom is -0.467 e. The first-order chi connectivity index (χ1) is 8.39. The zero-order chi connectivity index (χ0) is 13.8. The summed E-state index contributed by atoms with van der Waals surface area (Å²) in [5.41, 5.74) is 0. The number of carbonyl (C=O) groups excluding carboxylic acids is 2. The van der Waals surface area contributed by atoms with Gasteiger partial charge in [-0.1, -0.05) is 0 Å². The maximum absolute atomic E-state index is 13.0. The van der Waals surface area contributed by atoms with Crippen LogP contribution < -0.4 is 5.32 Å². The number of halogens is 2. The second-order valence-electron chi connectivity index (χ2n) is 4.33. The average Bonchev–Trinajstić information content (AvgIpc) is 2.35. The van der Waals surface area contributed by atoms with Crippen molar-refractivity contribution in [2.24, 2.45) is 5.92 Å².